The summed E-state index contributed by atoms with van der Waals surface area (Å²) in [5.41, 5.74) is 2.05. The van der Waals surface area contributed by atoms with Crippen molar-refractivity contribution in [3.63, 3.8) is 0 Å². The van der Waals surface area contributed by atoms with Crippen LogP contribution in [0.5, 0.6) is 0 Å². The van der Waals surface area contributed by atoms with E-state index in [2.05, 4.69) is 25.3 Å². The van der Waals surface area contributed by atoms with Gasteiger partial charge in [-0.1, -0.05) is 11.6 Å². The van der Waals surface area contributed by atoms with E-state index in [1.165, 1.54) is 0 Å². The number of likely N-dealkylation sites (tertiary alicyclic amines) is 1. The number of hydrogen-bond donors (Lipinski definition) is 1. The Hall–Kier alpha value is -2.91. The highest BCUT2D eigenvalue weighted by Crippen LogP contribution is 2.30. The highest BCUT2D eigenvalue weighted by atomic mass is 35.5. The van der Waals surface area contributed by atoms with Gasteiger partial charge in [0.25, 0.3) is 5.78 Å². The van der Waals surface area contributed by atoms with Crippen molar-refractivity contribution in [2.24, 2.45) is 0 Å². The van der Waals surface area contributed by atoms with Crippen LogP contribution in [0.2, 0.25) is 5.02 Å². The lowest BCUT2D eigenvalue weighted by Gasteiger charge is -2.27. The summed E-state index contributed by atoms with van der Waals surface area (Å²) in [5, 5.41) is 8.14. The van der Waals surface area contributed by atoms with Crippen LogP contribution in [-0.2, 0) is 4.74 Å². The van der Waals surface area contributed by atoms with Crippen molar-refractivity contribution in [2.45, 2.75) is 12.8 Å². The number of morpholine rings is 1. The Kier molecular flexibility index (Phi) is 5.14. The smallest absolute Gasteiger partial charge is 0.321 e. The van der Waals surface area contributed by atoms with Gasteiger partial charge in [0.2, 0.25) is 0 Å². The molecule has 156 valence electrons. The summed E-state index contributed by atoms with van der Waals surface area (Å²) in [4.78, 5) is 25.4. The minimum Gasteiger partial charge on any atom is -0.378 e. The second-order valence-corrected chi connectivity index (χ2v) is 7.81. The van der Waals surface area contributed by atoms with Crippen LogP contribution in [0.15, 0.2) is 30.6 Å². The number of benzene rings is 1. The summed E-state index contributed by atoms with van der Waals surface area (Å²) in [6, 6.07) is 5.30. The molecule has 30 heavy (non-hydrogen) atoms. The maximum Gasteiger partial charge on any atom is 0.321 e. The number of nitrogens with one attached hydrogen (secondary N) is 1. The molecular weight excluding hydrogens is 406 g/mol. The van der Waals surface area contributed by atoms with Crippen LogP contribution in [0.25, 0.3) is 17.0 Å². The van der Waals surface area contributed by atoms with Crippen LogP contribution < -0.4 is 10.2 Å². The molecule has 0 saturated carbocycles. The van der Waals surface area contributed by atoms with Crippen LogP contribution in [-0.4, -0.2) is 69.9 Å². The average molecular weight is 428 g/mol. The van der Waals surface area contributed by atoms with Gasteiger partial charge < -0.3 is 19.9 Å². The number of nitrogens with zero attached hydrogens (tertiary/aromatic N) is 6. The predicted molar refractivity (Wildman–Crippen MR) is 114 cm³/mol. The number of hydrogen-bond acceptors (Lipinski definition) is 6. The molecule has 2 aromatic heterocycles. The fourth-order valence-corrected chi connectivity index (χ4v) is 3.98. The Balaban J connectivity index is 1.41. The second-order valence-electron chi connectivity index (χ2n) is 7.41. The second kappa shape index (κ2) is 8.08. The van der Waals surface area contributed by atoms with Crippen LogP contribution in [0.1, 0.15) is 12.8 Å². The van der Waals surface area contributed by atoms with Gasteiger partial charge in [-0.25, -0.2) is 19.3 Å². The Morgan fingerprint density at radius 1 is 1.13 bits per heavy atom. The Morgan fingerprint density at radius 3 is 2.73 bits per heavy atom. The van der Waals surface area contributed by atoms with Crippen molar-refractivity contribution >= 4 is 34.9 Å². The fourth-order valence-electron chi connectivity index (χ4n) is 3.76. The predicted octanol–water partition coefficient (Wildman–Crippen LogP) is 2.91. The highest BCUT2D eigenvalue weighted by Gasteiger charge is 2.19. The number of rotatable bonds is 3. The zero-order chi connectivity index (χ0) is 20.5. The molecule has 2 aliphatic heterocycles. The molecule has 5 rings (SSSR count). The van der Waals surface area contributed by atoms with Gasteiger partial charge in [0.15, 0.2) is 5.82 Å². The number of anilines is 2. The van der Waals surface area contributed by atoms with Gasteiger partial charge in [-0.2, -0.15) is 0 Å². The van der Waals surface area contributed by atoms with E-state index in [1.54, 1.807) is 29.0 Å². The Labute approximate surface area is 178 Å². The molecule has 3 aromatic rings. The first-order chi connectivity index (χ1) is 14.7. The molecule has 10 heteroatoms. The molecule has 4 heterocycles. The van der Waals surface area contributed by atoms with Crippen molar-refractivity contribution < 1.29 is 9.53 Å². The van der Waals surface area contributed by atoms with Crippen molar-refractivity contribution in [3.8, 4) is 11.3 Å². The van der Waals surface area contributed by atoms with E-state index < -0.39 is 0 Å². The lowest BCUT2D eigenvalue weighted by atomic mass is 10.1. The summed E-state index contributed by atoms with van der Waals surface area (Å²) in [7, 11) is 0. The summed E-state index contributed by atoms with van der Waals surface area (Å²) < 4.78 is 7.06. The zero-order valence-electron chi connectivity index (χ0n) is 16.4. The van der Waals surface area contributed by atoms with E-state index in [1.807, 2.05) is 11.0 Å². The lowest BCUT2D eigenvalue weighted by molar-refractivity contribution is 0.122. The monoisotopic (exact) mass is 427 g/mol. The normalized spacial score (nSPS) is 17.0. The number of aromatic nitrogens is 4. The first-order valence-corrected chi connectivity index (χ1v) is 10.5. The first-order valence-electron chi connectivity index (χ1n) is 10.1. The number of carbonyl (C=O) groups excluding carboxylic acids is 1. The number of urea groups is 1. The van der Waals surface area contributed by atoms with Gasteiger partial charge >= 0.3 is 6.03 Å². The molecule has 0 spiro atoms. The SMILES string of the molecule is O=C(Nc1ccc(Cl)c(-c2cn3nc(N4CCOCC4)cnc3n2)c1)N1CCCC1. The molecule has 1 aromatic carbocycles. The quantitative estimate of drug-likeness (QED) is 0.691. The van der Waals surface area contributed by atoms with Crippen LogP contribution in [0.4, 0.5) is 16.3 Å². The lowest BCUT2D eigenvalue weighted by Crippen LogP contribution is -2.37. The molecule has 9 nitrogen and oxygen atoms in total. The molecule has 1 N–H and O–H groups in total. The number of fused-ring (bicyclic) bond motifs is 1. The Morgan fingerprint density at radius 2 is 1.93 bits per heavy atom. The van der Waals surface area contributed by atoms with Gasteiger partial charge in [0, 0.05) is 37.4 Å². The molecule has 2 saturated heterocycles. The summed E-state index contributed by atoms with van der Waals surface area (Å²) in [5.74, 6) is 1.28. The molecule has 0 bridgehead atoms. The third kappa shape index (κ3) is 3.78. The van der Waals surface area contributed by atoms with Crippen molar-refractivity contribution in [2.75, 3.05) is 49.6 Å². The van der Waals surface area contributed by atoms with Gasteiger partial charge in [0.1, 0.15) is 0 Å². The van der Waals surface area contributed by atoms with Gasteiger partial charge in [-0.15, -0.1) is 5.10 Å². The number of amides is 2. The number of ether oxygens (including phenoxy) is 1. The zero-order valence-corrected chi connectivity index (χ0v) is 17.2. The van der Waals surface area contributed by atoms with E-state index in [-0.39, 0.29) is 6.03 Å². The molecule has 2 aliphatic rings. The third-order valence-corrected chi connectivity index (χ3v) is 5.73. The minimum atomic E-state index is -0.0886. The first kappa shape index (κ1) is 19.1. The fraction of sp³-hybridized carbons (Fsp3) is 0.400. The molecule has 0 radical (unpaired) electrons. The molecule has 0 unspecified atom stereocenters. The number of imidazole rings is 1. The highest BCUT2D eigenvalue weighted by molar-refractivity contribution is 6.33. The van der Waals surface area contributed by atoms with Crippen molar-refractivity contribution in [3.05, 3.63) is 35.6 Å². The summed E-state index contributed by atoms with van der Waals surface area (Å²) in [6.07, 6.45) is 5.63. The molecule has 2 amide bonds. The molecule has 0 atom stereocenters. The van der Waals surface area contributed by atoms with Crippen LogP contribution >= 0.6 is 11.6 Å². The Bertz CT molecular complexity index is 1070. The number of carbonyl (C=O) groups is 1. The van der Waals surface area contributed by atoms with Gasteiger partial charge in [0.05, 0.1) is 36.3 Å². The van der Waals surface area contributed by atoms with Crippen LogP contribution in [0, 0.1) is 0 Å². The standard InChI is InChI=1S/C20H22ClN7O2/c21-16-4-3-14(23-20(29)27-5-1-2-6-27)11-15(16)17-13-28-19(24-17)22-12-18(25-28)26-7-9-30-10-8-26/h3-4,11-13H,1-2,5-10H2,(H,23,29). The van der Waals surface area contributed by atoms with Gasteiger partial charge in [-0.3, -0.25) is 0 Å². The van der Waals surface area contributed by atoms with E-state index in [4.69, 9.17) is 16.3 Å². The molecule has 2 fully saturated rings. The van der Waals surface area contributed by atoms with E-state index >= 15 is 0 Å². The maximum atomic E-state index is 12.4. The van der Waals surface area contributed by atoms with Gasteiger partial charge in [-0.05, 0) is 31.0 Å². The van der Waals surface area contributed by atoms with Crippen molar-refractivity contribution in [1.29, 1.82) is 0 Å². The van der Waals surface area contributed by atoms with E-state index in [0.717, 1.165) is 50.4 Å². The summed E-state index contributed by atoms with van der Waals surface area (Å²) >= 11 is 6.44. The minimum absolute atomic E-state index is 0.0886. The largest absolute Gasteiger partial charge is 0.378 e. The van der Waals surface area contributed by atoms with Crippen molar-refractivity contribution in [1.82, 2.24) is 24.5 Å². The average Bonchev–Trinajstić information content (AvgIpc) is 3.45. The summed E-state index contributed by atoms with van der Waals surface area (Å²) in [6.45, 7) is 4.52. The topological polar surface area (TPSA) is 87.9 Å². The molecular formula is C20H22ClN7O2. The van der Waals surface area contributed by atoms with Crippen LogP contribution in [0.3, 0.4) is 0 Å². The van der Waals surface area contributed by atoms with E-state index in [9.17, 15) is 4.79 Å². The number of halogens is 1. The molecule has 0 aliphatic carbocycles. The maximum absolute atomic E-state index is 12.4. The third-order valence-electron chi connectivity index (χ3n) is 5.40. The van der Waals surface area contributed by atoms with E-state index in [0.29, 0.717) is 35.4 Å².